The van der Waals surface area contributed by atoms with Gasteiger partial charge >= 0.3 is 0 Å². The Morgan fingerprint density at radius 3 is 2.85 bits per heavy atom. The van der Waals surface area contributed by atoms with Crippen LogP contribution >= 0.6 is 0 Å². The first-order chi connectivity index (χ1) is 9.59. The van der Waals surface area contributed by atoms with Crippen molar-refractivity contribution in [3.63, 3.8) is 0 Å². The normalized spacial score (nSPS) is 30.2. The lowest BCUT2D eigenvalue weighted by Gasteiger charge is -2.39. The van der Waals surface area contributed by atoms with Crippen LogP contribution in [0.4, 0.5) is 0 Å². The van der Waals surface area contributed by atoms with Crippen molar-refractivity contribution in [2.24, 2.45) is 5.92 Å². The summed E-state index contributed by atoms with van der Waals surface area (Å²) in [7, 11) is 0. The van der Waals surface area contributed by atoms with Crippen LogP contribution in [0.1, 0.15) is 35.2 Å². The van der Waals surface area contributed by atoms with E-state index in [1.165, 1.54) is 0 Å². The highest BCUT2D eigenvalue weighted by Gasteiger charge is 2.44. The molecule has 2 saturated heterocycles. The maximum absolute atomic E-state index is 12.8. The van der Waals surface area contributed by atoms with Gasteiger partial charge in [0.25, 0.3) is 0 Å². The molecule has 2 aliphatic rings. The van der Waals surface area contributed by atoms with Gasteiger partial charge in [0.05, 0.1) is 17.6 Å². The Morgan fingerprint density at radius 2 is 2.10 bits per heavy atom. The zero-order chi connectivity index (χ0) is 14.3. The Bertz CT molecular complexity index is 508. The Morgan fingerprint density at radius 1 is 1.30 bits per heavy atom. The summed E-state index contributed by atoms with van der Waals surface area (Å²) in [6, 6.07) is 5.24. The van der Waals surface area contributed by atoms with E-state index in [1.54, 1.807) is 12.1 Å². The molecule has 3 rings (SSSR count). The van der Waals surface area contributed by atoms with E-state index in [0.717, 1.165) is 31.5 Å². The van der Waals surface area contributed by atoms with Gasteiger partial charge < -0.3 is 10.2 Å². The van der Waals surface area contributed by atoms with Crippen LogP contribution in [-0.4, -0.2) is 46.1 Å². The predicted molar refractivity (Wildman–Crippen MR) is 75.9 cm³/mol. The van der Waals surface area contributed by atoms with E-state index in [-0.39, 0.29) is 17.6 Å². The van der Waals surface area contributed by atoms with Gasteiger partial charge in [-0.2, -0.15) is 0 Å². The number of aromatic hydroxyl groups is 1. The highest BCUT2D eigenvalue weighted by molar-refractivity contribution is 6.02. The van der Waals surface area contributed by atoms with E-state index in [0.29, 0.717) is 12.0 Å². The standard InChI is InChI=1S/C16H21NO3/c1-10-4-2-6-12(18)14(10)16(20)15-11-5-3-8-17(11)9-7-13(15)19/h2,4,6,11,13,15,18-19H,3,5,7-9H2,1H3. The summed E-state index contributed by atoms with van der Waals surface area (Å²) in [5, 5.41) is 20.3. The van der Waals surface area contributed by atoms with Crippen LogP contribution in [0, 0.1) is 12.8 Å². The number of fused-ring (bicyclic) bond motifs is 1. The van der Waals surface area contributed by atoms with Crippen LogP contribution in [-0.2, 0) is 0 Å². The zero-order valence-corrected chi connectivity index (χ0v) is 11.7. The molecule has 3 atom stereocenters. The number of aliphatic hydroxyl groups is 1. The Hall–Kier alpha value is -1.39. The molecule has 0 amide bonds. The van der Waals surface area contributed by atoms with Crippen molar-refractivity contribution in [2.75, 3.05) is 13.1 Å². The highest BCUT2D eigenvalue weighted by atomic mass is 16.3. The number of carbonyl (C=O) groups excluding carboxylic acids is 1. The van der Waals surface area contributed by atoms with Crippen molar-refractivity contribution >= 4 is 5.78 Å². The lowest BCUT2D eigenvalue weighted by atomic mass is 9.80. The molecule has 0 radical (unpaired) electrons. The predicted octanol–water partition coefficient (Wildman–Crippen LogP) is 1.73. The minimum Gasteiger partial charge on any atom is -0.507 e. The van der Waals surface area contributed by atoms with Gasteiger partial charge in [0.2, 0.25) is 0 Å². The molecule has 4 nitrogen and oxygen atoms in total. The third kappa shape index (κ3) is 2.13. The van der Waals surface area contributed by atoms with Crippen molar-refractivity contribution in [3.05, 3.63) is 29.3 Å². The molecule has 1 aromatic carbocycles. The first-order valence-corrected chi connectivity index (χ1v) is 7.34. The smallest absolute Gasteiger partial charge is 0.174 e. The molecule has 2 heterocycles. The summed E-state index contributed by atoms with van der Waals surface area (Å²) in [6.45, 7) is 3.71. The third-order valence-electron chi connectivity index (χ3n) is 4.76. The van der Waals surface area contributed by atoms with Gasteiger partial charge in [-0.3, -0.25) is 9.69 Å². The Kier molecular flexibility index (Phi) is 3.52. The van der Waals surface area contributed by atoms with Gasteiger partial charge in [-0.1, -0.05) is 12.1 Å². The number of benzene rings is 1. The monoisotopic (exact) mass is 275 g/mol. The second-order valence-electron chi connectivity index (χ2n) is 5.96. The first kappa shape index (κ1) is 13.6. The number of rotatable bonds is 2. The van der Waals surface area contributed by atoms with E-state index < -0.39 is 12.0 Å². The molecule has 108 valence electrons. The second kappa shape index (κ2) is 5.19. The van der Waals surface area contributed by atoms with Crippen LogP contribution < -0.4 is 0 Å². The van der Waals surface area contributed by atoms with Gasteiger partial charge in [0, 0.05) is 12.6 Å². The Labute approximate surface area is 119 Å². The molecular weight excluding hydrogens is 254 g/mol. The molecule has 0 bridgehead atoms. The summed E-state index contributed by atoms with van der Waals surface area (Å²) in [5.41, 5.74) is 1.16. The number of ketones is 1. The minimum atomic E-state index is -0.596. The van der Waals surface area contributed by atoms with Crippen LogP contribution in [0.5, 0.6) is 5.75 Å². The van der Waals surface area contributed by atoms with Crippen LogP contribution in [0.15, 0.2) is 18.2 Å². The minimum absolute atomic E-state index is 0.0253. The van der Waals surface area contributed by atoms with Crippen LogP contribution in [0.3, 0.4) is 0 Å². The quantitative estimate of drug-likeness (QED) is 0.807. The summed E-state index contributed by atoms with van der Waals surface area (Å²) in [6.07, 6.45) is 2.08. The maximum Gasteiger partial charge on any atom is 0.174 e. The molecular formula is C16H21NO3. The fourth-order valence-corrected chi connectivity index (χ4v) is 3.76. The lowest BCUT2D eigenvalue weighted by molar-refractivity contribution is 0.00704. The highest BCUT2D eigenvalue weighted by Crippen LogP contribution is 2.36. The second-order valence-corrected chi connectivity index (χ2v) is 5.96. The van der Waals surface area contributed by atoms with Crippen molar-refractivity contribution in [3.8, 4) is 5.75 Å². The fourth-order valence-electron chi connectivity index (χ4n) is 3.76. The number of aryl methyl sites for hydroxylation is 1. The molecule has 0 spiro atoms. The molecule has 0 aromatic heterocycles. The molecule has 0 aliphatic carbocycles. The number of piperidine rings is 1. The first-order valence-electron chi connectivity index (χ1n) is 7.34. The summed E-state index contributed by atoms with van der Waals surface area (Å²) < 4.78 is 0. The number of phenolic OH excluding ortho intramolecular Hbond substituents is 1. The number of carbonyl (C=O) groups is 1. The Balaban J connectivity index is 1.96. The summed E-state index contributed by atoms with van der Waals surface area (Å²) in [5.74, 6) is -0.486. The summed E-state index contributed by atoms with van der Waals surface area (Å²) in [4.78, 5) is 15.2. The molecule has 3 unspecified atom stereocenters. The molecule has 20 heavy (non-hydrogen) atoms. The topological polar surface area (TPSA) is 60.8 Å². The average molecular weight is 275 g/mol. The zero-order valence-electron chi connectivity index (χ0n) is 11.7. The number of phenols is 1. The van der Waals surface area contributed by atoms with Crippen LogP contribution in [0.25, 0.3) is 0 Å². The van der Waals surface area contributed by atoms with Gasteiger partial charge in [-0.15, -0.1) is 0 Å². The van der Waals surface area contributed by atoms with Crippen molar-refractivity contribution in [2.45, 2.75) is 38.3 Å². The number of hydrogen-bond donors (Lipinski definition) is 2. The molecule has 4 heteroatoms. The number of Topliss-reactive ketones (excluding diaryl/α,β-unsaturated/α-hetero) is 1. The van der Waals surface area contributed by atoms with E-state index in [2.05, 4.69) is 4.90 Å². The van der Waals surface area contributed by atoms with Crippen molar-refractivity contribution < 1.29 is 15.0 Å². The maximum atomic E-state index is 12.8. The van der Waals surface area contributed by atoms with Gasteiger partial charge in [-0.25, -0.2) is 0 Å². The fraction of sp³-hybridized carbons (Fsp3) is 0.562. The van der Waals surface area contributed by atoms with Crippen molar-refractivity contribution in [1.29, 1.82) is 0 Å². The SMILES string of the molecule is Cc1cccc(O)c1C(=O)C1C(O)CCN2CCCC12. The van der Waals surface area contributed by atoms with Gasteiger partial charge in [0.1, 0.15) is 5.75 Å². The number of hydrogen-bond acceptors (Lipinski definition) is 4. The average Bonchev–Trinajstić information content (AvgIpc) is 2.86. The van der Waals surface area contributed by atoms with Gasteiger partial charge in [-0.05, 0) is 44.4 Å². The molecule has 0 saturated carbocycles. The molecule has 2 N–H and O–H groups in total. The number of nitrogens with zero attached hydrogens (tertiary/aromatic N) is 1. The third-order valence-corrected chi connectivity index (χ3v) is 4.76. The van der Waals surface area contributed by atoms with E-state index in [1.807, 2.05) is 13.0 Å². The van der Waals surface area contributed by atoms with Crippen molar-refractivity contribution in [1.82, 2.24) is 4.90 Å². The number of aliphatic hydroxyl groups excluding tert-OH is 1. The largest absolute Gasteiger partial charge is 0.507 e. The van der Waals surface area contributed by atoms with E-state index in [4.69, 9.17) is 0 Å². The van der Waals surface area contributed by atoms with E-state index >= 15 is 0 Å². The summed E-state index contributed by atoms with van der Waals surface area (Å²) >= 11 is 0. The van der Waals surface area contributed by atoms with E-state index in [9.17, 15) is 15.0 Å². The van der Waals surface area contributed by atoms with Gasteiger partial charge in [0.15, 0.2) is 5.78 Å². The molecule has 1 aromatic rings. The molecule has 2 fully saturated rings. The van der Waals surface area contributed by atoms with Crippen LogP contribution in [0.2, 0.25) is 0 Å². The lowest BCUT2D eigenvalue weighted by Crippen LogP contribution is -2.51. The molecule has 2 aliphatic heterocycles.